The van der Waals surface area contributed by atoms with E-state index < -0.39 is 50.4 Å². The molecule has 0 bridgehead atoms. The Hall–Kier alpha value is -2.64. The summed E-state index contributed by atoms with van der Waals surface area (Å²) < 4.78 is 69.9. The Bertz CT molecular complexity index is 1280. The van der Waals surface area contributed by atoms with Gasteiger partial charge in [-0.1, -0.05) is 91.0 Å². The predicted octanol–water partition coefficient (Wildman–Crippen LogP) is 2.40. The molecule has 4 atom stereocenters. The standard InChI is InChI=1S/C26H28O9S2/c1-36(28,29)34-23-22(33-25(27)24(23)35-37(2,30)31)18-32-26(19-12-6-3-7-13-19,20-14-8-4-9-15-20)21-16-10-5-11-17-21/h3-17,22-25,27H,18H2,1-2H3/t22-,23+,24-,25+/m1/s1. The zero-order chi connectivity index (χ0) is 26.7. The van der Waals surface area contributed by atoms with Crippen molar-refractivity contribution < 1.29 is 39.8 Å². The molecule has 1 aliphatic rings. The van der Waals surface area contributed by atoms with Gasteiger partial charge in [0, 0.05) is 0 Å². The minimum Gasteiger partial charge on any atom is -0.366 e. The summed E-state index contributed by atoms with van der Waals surface area (Å²) in [6.07, 6.45) is -4.46. The summed E-state index contributed by atoms with van der Waals surface area (Å²) in [6.45, 7) is -0.278. The third-order valence-electron chi connectivity index (χ3n) is 5.86. The highest BCUT2D eigenvalue weighted by atomic mass is 32.2. The molecule has 0 aliphatic carbocycles. The zero-order valence-electron chi connectivity index (χ0n) is 20.2. The maximum absolute atomic E-state index is 12.0. The molecule has 37 heavy (non-hydrogen) atoms. The molecule has 0 saturated carbocycles. The van der Waals surface area contributed by atoms with Crippen LogP contribution in [-0.2, 0) is 43.7 Å². The molecule has 0 spiro atoms. The molecule has 0 aromatic heterocycles. The highest BCUT2D eigenvalue weighted by molar-refractivity contribution is 7.86. The molecular formula is C26H28O9S2. The van der Waals surface area contributed by atoms with Crippen molar-refractivity contribution in [2.24, 2.45) is 0 Å². The van der Waals surface area contributed by atoms with E-state index in [1.807, 2.05) is 91.0 Å². The molecule has 1 aliphatic heterocycles. The van der Waals surface area contributed by atoms with E-state index in [4.69, 9.17) is 17.8 Å². The first-order valence-electron chi connectivity index (χ1n) is 11.4. The number of hydrogen-bond acceptors (Lipinski definition) is 9. The summed E-state index contributed by atoms with van der Waals surface area (Å²) in [7, 11) is -8.16. The van der Waals surface area contributed by atoms with Gasteiger partial charge in [-0.3, -0.25) is 8.37 Å². The number of benzene rings is 3. The molecule has 1 saturated heterocycles. The second-order valence-electron chi connectivity index (χ2n) is 8.69. The van der Waals surface area contributed by atoms with Crippen molar-refractivity contribution in [3.05, 3.63) is 108 Å². The van der Waals surface area contributed by atoms with Gasteiger partial charge in [0.25, 0.3) is 20.2 Å². The van der Waals surface area contributed by atoms with Crippen LogP contribution in [-0.4, -0.2) is 65.7 Å². The van der Waals surface area contributed by atoms with Gasteiger partial charge in [-0.25, -0.2) is 0 Å². The molecule has 3 aromatic rings. The van der Waals surface area contributed by atoms with Crippen LogP contribution in [0, 0.1) is 0 Å². The van der Waals surface area contributed by atoms with Crippen LogP contribution in [0.4, 0.5) is 0 Å². The van der Waals surface area contributed by atoms with E-state index in [1.54, 1.807) is 0 Å². The van der Waals surface area contributed by atoms with Gasteiger partial charge in [0.15, 0.2) is 12.4 Å². The summed E-state index contributed by atoms with van der Waals surface area (Å²) in [6, 6.07) is 28.3. The van der Waals surface area contributed by atoms with E-state index >= 15 is 0 Å². The summed E-state index contributed by atoms with van der Waals surface area (Å²) in [4.78, 5) is 0. The summed E-state index contributed by atoms with van der Waals surface area (Å²) >= 11 is 0. The molecule has 0 unspecified atom stereocenters. The lowest BCUT2D eigenvalue weighted by molar-refractivity contribution is -0.141. The summed E-state index contributed by atoms with van der Waals surface area (Å²) in [5.74, 6) is 0. The fourth-order valence-electron chi connectivity index (χ4n) is 4.44. The molecule has 198 valence electrons. The van der Waals surface area contributed by atoms with Crippen molar-refractivity contribution in [2.75, 3.05) is 19.1 Å². The Labute approximate surface area is 216 Å². The highest BCUT2D eigenvalue weighted by Crippen LogP contribution is 2.41. The van der Waals surface area contributed by atoms with Gasteiger partial charge in [-0.2, -0.15) is 16.8 Å². The average Bonchev–Trinajstić information content (AvgIpc) is 3.13. The van der Waals surface area contributed by atoms with Gasteiger partial charge in [-0.15, -0.1) is 0 Å². The Morgan fingerprint density at radius 2 is 1.08 bits per heavy atom. The van der Waals surface area contributed by atoms with Crippen LogP contribution in [0.1, 0.15) is 16.7 Å². The molecule has 11 heteroatoms. The predicted molar refractivity (Wildman–Crippen MR) is 135 cm³/mol. The van der Waals surface area contributed by atoms with E-state index in [9.17, 15) is 21.9 Å². The number of hydrogen-bond donors (Lipinski definition) is 1. The smallest absolute Gasteiger partial charge is 0.264 e. The van der Waals surface area contributed by atoms with Gasteiger partial charge in [0.05, 0.1) is 19.1 Å². The molecule has 1 N–H and O–H groups in total. The van der Waals surface area contributed by atoms with Crippen molar-refractivity contribution >= 4 is 20.2 Å². The maximum Gasteiger partial charge on any atom is 0.264 e. The lowest BCUT2D eigenvalue weighted by atomic mass is 9.80. The number of ether oxygens (including phenoxy) is 2. The van der Waals surface area contributed by atoms with Crippen molar-refractivity contribution in [1.82, 2.24) is 0 Å². The monoisotopic (exact) mass is 548 g/mol. The summed E-state index contributed by atoms with van der Waals surface area (Å²) in [5, 5.41) is 10.4. The maximum atomic E-state index is 12.0. The largest absolute Gasteiger partial charge is 0.366 e. The van der Waals surface area contributed by atoms with Gasteiger partial charge in [0.2, 0.25) is 0 Å². The van der Waals surface area contributed by atoms with E-state index in [2.05, 4.69) is 0 Å². The molecule has 4 rings (SSSR count). The van der Waals surface area contributed by atoms with Crippen LogP contribution in [0.5, 0.6) is 0 Å². The Morgan fingerprint density at radius 3 is 1.46 bits per heavy atom. The van der Waals surface area contributed by atoms with E-state index in [0.29, 0.717) is 0 Å². The molecule has 0 radical (unpaired) electrons. The minimum absolute atomic E-state index is 0.278. The van der Waals surface area contributed by atoms with Gasteiger partial charge >= 0.3 is 0 Å². The summed E-state index contributed by atoms with van der Waals surface area (Å²) in [5.41, 5.74) is 1.20. The van der Waals surface area contributed by atoms with Crippen molar-refractivity contribution in [3.8, 4) is 0 Å². The third-order valence-corrected chi connectivity index (χ3v) is 7.01. The minimum atomic E-state index is -4.08. The number of rotatable bonds is 10. The third kappa shape index (κ3) is 6.44. The van der Waals surface area contributed by atoms with Crippen LogP contribution in [0.15, 0.2) is 91.0 Å². The number of aliphatic hydroxyl groups is 1. The topological polar surface area (TPSA) is 125 Å². The molecule has 3 aromatic carbocycles. The Balaban J connectivity index is 1.78. The molecule has 1 fully saturated rings. The zero-order valence-corrected chi connectivity index (χ0v) is 21.8. The molecular weight excluding hydrogens is 520 g/mol. The van der Waals surface area contributed by atoms with Crippen LogP contribution in [0.25, 0.3) is 0 Å². The molecule has 0 amide bonds. The van der Waals surface area contributed by atoms with Crippen molar-refractivity contribution in [1.29, 1.82) is 0 Å². The van der Waals surface area contributed by atoms with Crippen molar-refractivity contribution in [3.63, 3.8) is 0 Å². The molecule has 9 nitrogen and oxygen atoms in total. The van der Waals surface area contributed by atoms with Crippen LogP contribution >= 0.6 is 0 Å². The van der Waals surface area contributed by atoms with E-state index in [0.717, 1.165) is 29.2 Å². The fourth-order valence-corrected chi connectivity index (χ4v) is 5.69. The molecule has 1 heterocycles. The first-order chi connectivity index (χ1) is 17.5. The number of aliphatic hydroxyl groups excluding tert-OH is 1. The lowest BCUT2D eigenvalue weighted by Gasteiger charge is -2.37. The van der Waals surface area contributed by atoms with Gasteiger partial charge < -0.3 is 14.6 Å². The second kappa shape index (κ2) is 11.0. The van der Waals surface area contributed by atoms with Gasteiger partial charge in [0.1, 0.15) is 17.8 Å². The second-order valence-corrected chi connectivity index (χ2v) is 11.9. The van der Waals surface area contributed by atoms with Gasteiger partial charge in [-0.05, 0) is 16.7 Å². The normalized spacial score (nSPS) is 22.7. The van der Waals surface area contributed by atoms with Crippen LogP contribution in [0.2, 0.25) is 0 Å². The highest BCUT2D eigenvalue weighted by Gasteiger charge is 2.50. The SMILES string of the molecule is CS(=O)(=O)O[C@@H]1[C@@H](OS(C)(=O)=O)[C@@H](COC(c2ccccc2)(c2ccccc2)c2ccccc2)O[C@@H]1O. The first kappa shape index (κ1) is 27.4. The average molecular weight is 549 g/mol. The fraction of sp³-hybridized carbons (Fsp3) is 0.308. The quantitative estimate of drug-likeness (QED) is 0.300. The lowest BCUT2D eigenvalue weighted by Crippen LogP contribution is -2.43. The first-order valence-corrected chi connectivity index (χ1v) is 15.0. The van der Waals surface area contributed by atoms with Crippen LogP contribution in [0.3, 0.4) is 0 Å². The van der Waals surface area contributed by atoms with E-state index in [-0.39, 0.29) is 6.61 Å². The van der Waals surface area contributed by atoms with Crippen molar-refractivity contribution in [2.45, 2.75) is 30.2 Å². The Morgan fingerprint density at radius 1 is 0.703 bits per heavy atom. The van der Waals surface area contributed by atoms with Crippen LogP contribution < -0.4 is 0 Å². The Kier molecular flexibility index (Phi) is 8.14. The van der Waals surface area contributed by atoms with E-state index in [1.165, 1.54) is 0 Å².